The average Bonchev–Trinajstić information content (AvgIpc) is 3.03. The van der Waals surface area contributed by atoms with E-state index in [9.17, 15) is 14.3 Å². The van der Waals surface area contributed by atoms with Crippen LogP contribution in [0.2, 0.25) is 0 Å². The third-order valence-electron chi connectivity index (χ3n) is 3.81. The lowest BCUT2D eigenvalue weighted by atomic mass is 10.1. The van der Waals surface area contributed by atoms with Crippen molar-refractivity contribution in [1.29, 1.82) is 0 Å². The summed E-state index contributed by atoms with van der Waals surface area (Å²) in [6.07, 6.45) is 1.65. The van der Waals surface area contributed by atoms with Crippen molar-refractivity contribution >= 4 is 5.91 Å². The third kappa shape index (κ3) is 3.12. The maximum atomic E-state index is 13.3. The van der Waals surface area contributed by atoms with E-state index in [1.807, 2.05) is 12.1 Å². The number of piperazine rings is 1. The van der Waals surface area contributed by atoms with Gasteiger partial charge in [-0.3, -0.25) is 9.69 Å². The van der Waals surface area contributed by atoms with Crippen LogP contribution in [0.3, 0.4) is 0 Å². The SMILES string of the molecule is O=C(c1ccc(O)c(F)c1)N1CCN(Cc2ccco2)CC1. The Bertz CT molecular complexity index is 649. The molecule has 1 N–H and O–H groups in total. The summed E-state index contributed by atoms with van der Waals surface area (Å²) < 4.78 is 18.7. The second kappa shape index (κ2) is 6.19. The average molecular weight is 304 g/mol. The molecule has 0 bridgehead atoms. The monoisotopic (exact) mass is 304 g/mol. The number of carbonyl (C=O) groups excluding carboxylic acids is 1. The van der Waals surface area contributed by atoms with Crippen LogP contribution in [0.15, 0.2) is 41.0 Å². The number of benzene rings is 1. The summed E-state index contributed by atoms with van der Waals surface area (Å²) in [5, 5.41) is 9.18. The van der Waals surface area contributed by atoms with Gasteiger partial charge in [-0.1, -0.05) is 0 Å². The van der Waals surface area contributed by atoms with Gasteiger partial charge in [0.25, 0.3) is 5.91 Å². The molecule has 0 atom stereocenters. The molecule has 1 amide bonds. The van der Waals surface area contributed by atoms with Gasteiger partial charge in [0.2, 0.25) is 0 Å². The van der Waals surface area contributed by atoms with E-state index in [0.29, 0.717) is 13.1 Å². The third-order valence-corrected chi connectivity index (χ3v) is 3.81. The predicted octanol–water partition coefficient (Wildman–Crippen LogP) is 2.08. The maximum absolute atomic E-state index is 13.3. The summed E-state index contributed by atoms with van der Waals surface area (Å²) in [5.74, 6) is -0.529. The fraction of sp³-hybridized carbons (Fsp3) is 0.312. The molecule has 1 aliphatic heterocycles. The molecular weight excluding hydrogens is 287 g/mol. The number of phenolic OH excluding ortho intramolecular Hbond substituents is 1. The molecule has 2 aromatic rings. The summed E-state index contributed by atoms with van der Waals surface area (Å²) in [4.78, 5) is 16.2. The molecule has 0 radical (unpaired) electrons. The number of halogens is 1. The van der Waals surface area contributed by atoms with Crippen LogP contribution in [-0.2, 0) is 6.54 Å². The van der Waals surface area contributed by atoms with E-state index < -0.39 is 11.6 Å². The molecule has 0 aliphatic carbocycles. The summed E-state index contributed by atoms with van der Waals surface area (Å²) in [7, 11) is 0. The molecule has 22 heavy (non-hydrogen) atoms. The van der Waals surface area contributed by atoms with Crippen molar-refractivity contribution in [3.8, 4) is 5.75 Å². The summed E-state index contributed by atoms with van der Waals surface area (Å²) >= 11 is 0. The Labute approximate surface area is 127 Å². The van der Waals surface area contributed by atoms with Crippen LogP contribution in [0, 0.1) is 5.82 Å². The van der Waals surface area contributed by atoms with Crippen molar-refractivity contribution in [1.82, 2.24) is 9.80 Å². The molecule has 1 aromatic heterocycles. The molecule has 2 heterocycles. The lowest BCUT2D eigenvalue weighted by Crippen LogP contribution is -2.48. The molecule has 0 saturated carbocycles. The van der Waals surface area contributed by atoms with Crippen LogP contribution in [0.1, 0.15) is 16.1 Å². The van der Waals surface area contributed by atoms with Crippen molar-refractivity contribution < 1.29 is 18.7 Å². The van der Waals surface area contributed by atoms with Gasteiger partial charge in [-0.2, -0.15) is 0 Å². The van der Waals surface area contributed by atoms with Crippen LogP contribution < -0.4 is 0 Å². The van der Waals surface area contributed by atoms with E-state index in [1.54, 1.807) is 11.2 Å². The van der Waals surface area contributed by atoms with Gasteiger partial charge in [0, 0.05) is 31.7 Å². The van der Waals surface area contributed by atoms with E-state index in [4.69, 9.17) is 4.42 Å². The molecule has 5 nitrogen and oxygen atoms in total. The van der Waals surface area contributed by atoms with Gasteiger partial charge in [-0.15, -0.1) is 0 Å². The Morgan fingerprint density at radius 2 is 2.00 bits per heavy atom. The van der Waals surface area contributed by atoms with Crippen molar-refractivity contribution in [3.63, 3.8) is 0 Å². The molecule has 6 heteroatoms. The zero-order valence-electron chi connectivity index (χ0n) is 12.0. The van der Waals surface area contributed by atoms with E-state index in [2.05, 4.69) is 4.90 Å². The maximum Gasteiger partial charge on any atom is 0.254 e. The number of aromatic hydroxyl groups is 1. The van der Waals surface area contributed by atoms with Crippen LogP contribution in [0.4, 0.5) is 4.39 Å². The van der Waals surface area contributed by atoms with Crippen molar-refractivity contribution in [2.75, 3.05) is 26.2 Å². The number of nitrogens with zero attached hydrogens (tertiary/aromatic N) is 2. The van der Waals surface area contributed by atoms with E-state index >= 15 is 0 Å². The molecule has 1 fully saturated rings. The molecular formula is C16H17FN2O3. The highest BCUT2D eigenvalue weighted by atomic mass is 19.1. The van der Waals surface area contributed by atoms with Crippen LogP contribution >= 0.6 is 0 Å². The molecule has 0 spiro atoms. The zero-order valence-corrected chi connectivity index (χ0v) is 12.0. The Hall–Kier alpha value is -2.34. The molecule has 1 aliphatic rings. The number of hydrogen-bond acceptors (Lipinski definition) is 4. The lowest BCUT2D eigenvalue weighted by molar-refractivity contribution is 0.0620. The van der Waals surface area contributed by atoms with Gasteiger partial charge in [0.15, 0.2) is 11.6 Å². The molecule has 1 aromatic carbocycles. The first kappa shape index (κ1) is 14.6. The summed E-state index contributed by atoms with van der Waals surface area (Å²) in [5.41, 5.74) is 0.259. The highest BCUT2D eigenvalue weighted by molar-refractivity contribution is 5.94. The quantitative estimate of drug-likeness (QED) is 0.943. The van der Waals surface area contributed by atoms with Gasteiger partial charge in [-0.05, 0) is 30.3 Å². The van der Waals surface area contributed by atoms with Gasteiger partial charge >= 0.3 is 0 Å². The van der Waals surface area contributed by atoms with E-state index in [1.165, 1.54) is 12.1 Å². The molecule has 0 unspecified atom stereocenters. The minimum absolute atomic E-state index is 0.212. The second-order valence-corrected chi connectivity index (χ2v) is 5.31. The lowest BCUT2D eigenvalue weighted by Gasteiger charge is -2.34. The molecule has 116 valence electrons. The number of rotatable bonds is 3. The van der Waals surface area contributed by atoms with Crippen LogP contribution in [0.25, 0.3) is 0 Å². The van der Waals surface area contributed by atoms with Crippen molar-refractivity contribution in [3.05, 3.63) is 53.7 Å². The Morgan fingerprint density at radius 1 is 1.23 bits per heavy atom. The van der Waals surface area contributed by atoms with Gasteiger partial charge in [-0.25, -0.2) is 4.39 Å². The highest BCUT2D eigenvalue weighted by Gasteiger charge is 2.23. The number of amides is 1. The van der Waals surface area contributed by atoms with Crippen LogP contribution in [0.5, 0.6) is 5.75 Å². The minimum Gasteiger partial charge on any atom is -0.505 e. The normalized spacial score (nSPS) is 16.0. The predicted molar refractivity (Wildman–Crippen MR) is 78.0 cm³/mol. The number of phenols is 1. The highest BCUT2D eigenvalue weighted by Crippen LogP contribution is 2.18. The van der Waals surface area contributed by atoms with E-state index in [-0.39, 0.29) is 11.5 Å². The minimum atomic E-state index is -0.776. The topological polar surface area (TPSA) is 56.9 Å². The smallest absolute Gasteiger partial charge is 0.254 e. The molecule has 1 saturated heterocycles. The fourth-order valence-electron chi connectivity index (χ4n) is 2.55. The van der Waals surface area contributed by atoms with Gasteiger partial charge in [0.1, 0.15) is 5.76 Å². The number of carbonyl (C=O) groups is 1. The number of furan rings is 1. The largest absolute Gasteiger partial charge is 0.505 e. The molecule has 3 rings (SSSR count). The fourth-order valence-corrected chi connectivity index (χ4v) is 2.55. The number of hydrogen-bond donors (Lipinski definition) is 1. The van der Waals surface area contributed by atoms with Crippen molar-refractivity contribution in [2.24, 2.45) is 0 Å². The van der Waals surface area contributed by atoms with E-state index in [0.717, 1.165) is 31.5 Å². The Morgan fingerprint density at radius 3 is 2.64 bits per heavy atom. The van der Waals surface area contributed by atoms with Crippen molar-refractivity contribution in [2.45, 2.75) is 6.54 Å². The Balaban J connectivity index is 1.58. The first-order valence-corrected chi connectivity index (χ1v) is 7.16. The second-order valence-electron chi connectivity index (χ2n) is 5.31. The van der Waals surface area contributed by atoms with Gasteiger partial charge < -0.3 is 14.4 Å². The standard InChI is InChI=1S/C16H17FN2O3/c17-14-10-12(3-4-15(14)20)16(21)19-7-5-18(6-8-19)11-13-2-1-9-22-13/h1-4,9-10,20H,5-8,11H2. The first-order valence-electron chi connectivity index (χ1n) is 7.16. The van der Waals surface area contributed by atoms with Crippen LogP contribution in [-0.4, -0.2) is 47.0 Å². The zero-order chi connectivity index (χ0) is 15.5. The Kier molecular flexibility index (Phi) is 4.11. The van der Waals surface area contributed by atoms with Gasteiger partial charge in [0.05, 0.1) is 12.8 Å². The first-order chi connectivity index (χ1) is 10.6. The summed E-state index contributed by atoms with van der Waals surface area (Å²) in [6.45, 7) is 3.38. The summed E-state index contributed by atoms with van der Waals surface area (Å²) in [6, 6.07) is 7.50.